The molecule has 1 amide bonds. The Bertz CT molecular complexity index is 291. The monoisotopic (exact) mass is 265 g/mol. The van der Waals surface area contributed by atoms with E-state index in [2.05, 4.69) is 6.58 Å². The Kier molecular flexibility index (Phi) is 5.74. The van der Waals surface area contributed by atoms with E-state index >= 15 is 0 Å². The van der Waals surface area contributed by atoms with E-state index in [4.69, 9.17) is 4.74 Å². The van der Waals surface area contributed by atoms with Gasteiger partial charge in [-0.2, -0.15) is 0 Å². The standard InChI is InChI=1S/C16H27NO2/c1-2-13-17(14-9-5-3-6-10-14)16(18)19-15-11-7-4-8-12-15/h2,14-15H,1,3-13H2. The molecule has 0 aromatic heterocycles. The van der Waals surface area contributed by atoms with Crippen LogP contribution in [-0.2, 0) is 4.74 Å². The maximum absolute atomic E-state index is 12.4. The van der Waals surface area contributed by atoms with Gasteiger partial charge in [-0.15, -0.1) is 6.58 Å². The highest BCUT2D eigenvalue weighted by Gasteiger charge is 2.27. The maximum Gasteiger partial charge on any atom is 0.410 e. The summed E-state index contributed by atoms with van der Waals surface area (Å²) in [5.41, 5.74) is 0. The van der Waals surface area contributed by atoms with Gasteiger partial charge in [-0.25, -0.2) is 4.79 Å². The fourth-order valence-corrected chi connectivity index (χ4v) is 3.30. The number of amides is 1. The first-order valence-corrected chi connectivity index (χ1v) is 7.89. The molecule has 0 heterocycles. The van der Waals surface area contributed by atoms with Crippen LogP contribution >= 0.6 is 0 Å². The van der Waals surface area contributed by atoms with Gasteiger partial charge in [0.1, 0.15) is 6.10 Å². The van der Waals surface area contributed by atoms with Gasteiger partial charge in [-0.3, -0.25) is 0 Å². The molecule has 19 heavy (non-hydrogen) atoms. The summed E-state index contributed by atoms with van der Waals surface area (Å²) in [6.07, 6.45) is 13.6. The molecule has 3 nitrogen and oxygen atoms in total. The molecule has 108 valence electrons. The van der Waals surface area contributed by atoms with E-state index in [9.17, 15) is 4.79 Å². The van der Waals surface area contributed by atoms with Crippen molar-refractivity contribution < 1.29 is 9.53 Å². The van der Waals surface area contributed by atoms with Crippen molar-refractivity contribution in [2.45, 2.75) is 76.4 Å². The molecule has 0 bridgehead atoms. The van der Waals surface area contributed by atoms with Gasteiger partial charge in [0.05, 0.1) is 0 Å². The second kappa shape index (κ2) is 7.56. The Balaban J connectivity index is 1.88. The molecule has 0 atom stereocenters. The van der Waals surface area contributed by atoms with Crippen LogP contribution in [0.5, 0.6) is 0 Å². The van der Waals surface area contributed by atoms with E-state index in [1.165, 1.54) is 38.5 Å². The van der Waals surface area contributed by atoms with Crippen molar-refractivity contribution in [1.29, 1.82) is 0 Å². The molecular weight excluding hydrogens is 238 g/mol. The molecule has 0 N–H and O–H groups in total. The lowest BCUT2D eigenvalue weighted by molar-refractivity contribution is 0.0344. The topological polar surface area (TPSA) is 29.5 Å². The molecule has 0 aromatic carbocycles. The van der Waals surface area contributed by atoms with Crippen LogP contribution in [0.25, 0.3) is 0 Å². The summed E-state index contributed by atoms with van der Waals surface area (Å²) in [6, 6.07) is 0.364. The molecule has 2 rings (SSSR count). The SMILES string of the molecule is C=CCN(C(=O)OC1CCCCC1)C1CCCCC1. The Morgan fingerprint density at radius 1 is 1.05 bits per heavy atom. The average Bonchev–Trinajstić information content (AvgIpc) is 2.46. The molecular formula is C16H27NO2. The quantitative estimate of drug-likeness (QED) is 0.710. The normalized spacial score (nSPS) is 21.9. The van der Waals surface area contributed by atoms with Crippen molar-refractivity contribution >= 4 is 6.09 Å². The Morgan fingerprint density at radius 2 is 1.63 bits per heavy atom. The molecule has 0 saturated heterocycles. The maximum atomic E-state index is 12.4. The van der Waals surface area contributed by atoms with Gasteiger partial charge in [0.15, 0.2) is 0 Å². The first kappa shape index (κ1) is 14.4. The Morgan fingerprint density at radius 3 is 2.21 bits per heavy atom. The zero-order chi connectivity index (χ0) is 13.5. The first-order valence-electron chi connectivity index (χ1n) is 7.89. The third kappa shape index (κ3) is 4.26. The Labute approximate surface area is 117 Å². The minimum atomic E-state index is -0.112. The fourth-order valence-electron chi connectivity index (χ4n) is 3.30. The highest BCUT2D eigenvalue weighted by Crippen LogP contribution is 2.25. The highest BCUT2D eigenvalue weighted by molar-refractivity contribution is 5.68. The second-order valence-corrected chi connectivity index (χ2v) is 5.88. The van der Waals surface area contributed by atoms with Gasteiger partial charge in [-0.1, -0.05) is 31.8 Å². The molecule has 0 aliphatic heterocycles. The molecule has 2 saturated carbocycles. The zero-order valence-corrected chi connectivity index (χ0v) is 12.0. The van der Waals surface area contributed by atoms with E-state index in [-0.39, 0.29) is 12.2 Å². The van der Waals surface area contributed by atoms with Gasteiger partial charge < -0.3 is 9.64 Å². The van der Waals surface area contributed by atoms with Crippen LogP contribution in [0.3, 0.4) is 0 Å². The van der Waals surface area contributed by atoms with Crippen molar-refractivity contribution in [3.05, 3.63) is 12.7 Å². The summed E-state index contributed by atoms with van der Waals surface area (Å²) < 4.78 is 5.70. The molecule has 2 aliphatic rings. The number of ether oxygens (including phenoxy) is 1. The van der Waals surface area contributed by atoms with E-state index in [0.29, 0.717) is 12.6 Å². The molecule has 2 aliphatic carbocycles. The lowest BCUT2D eigenvalue weighted by Crippen LogP contribution is -2.43. The third-order valence-corrected chi connectivity index (χ3v) is 4.40. The predicted molar refractivity (Wildman–Crippen MR) is 77.1 cm³/mol. The van der Waals surface area contributed by atoms with Gasteiger partial charge in [0.25, 0.3) is 0 Å². The first-order chi connectivity index (χ1) is 9.31. The summed E-state index contributed by atoms with van der Waals surface area (Å²) >= 11 is 0. The molecule has 0 aromatic rings. The lowest BCUT2D eigenvalue weighted by atomic mass is 9.94. The van der Waals surface area contributed by atoms with Gasteiger partial charge >= 0.3 is 6.09 Å². The van der Waals surface area contributed by atoms with Crippen molar-refractivity contribution in [1.82, 2.24) is 4.90 Å². The van der Waals surface area contributed by atoms with E-state index in [1.54, 1.807) is 0 Å². The van der Waals surface area contributed by atoms with Gasteiger partial charge in [0, 0.05) is 12.6 Å². The van der Waals surface area contributed by atoms with Crippen LogP contribution in [0, 0.1) is 0 Å². The summed E-state index contributed by atoms with van der Waals surface area (Å²) in [6.45, 7) is 4.40. The van der Waals surface area contributed by atoms with Crippen LogP contribution in [0.4, 0.5) is 4.79 Å². The number of hydrogen-bond acceptors (Lipinski definition) is 2. The number of hydrogen-bond donors (Lipinski definition) is 0. The minimum absolute atomic E-state index is 0.112. The fraction of sp³-hybridized carbons (Fsp3) is 0.812. The van der Waals surface area contributed by atoms with Crippen LogP contribution < -0.4 is 0 Å². The van der Waals surface area contributed by atoms with Crippen molar-refractivity contribution in [2.24, 2.45) is 0 Å². The molecule has 0 radical (unpaired) electrons. The number of carbonyl (C=O) groups is 1. The predicted octanol–water partition coefficient (Wildman–Crippen LogP) is 4.28. The van der Waals surface area contributed by atoms with Crippen molar-refractivity contribution in [3.63, 3.8) is 0 Å². The smallest absolute Gasteiger partial charge is 0.410 e. The van der Waals surface area contributed by atoms with Crippen LogP contribution in [0.1, 0.15) is 64.2 Å². The summed E-state index contributed by atoms with van der Waals surface area (Å²) in [4.78, 5) is 14.3. The van der Waals surface area contributed by atoms with E-state index < -0.39 is 0 Å². The molecule has 0 spiro atoms. The van der Waals surface area contributed by atoms with Crippen molar-refractivity contribution in [2.75, 3.05) is 6.54 Å². The van der Waals surface area contributed by atoms with Gasteiger partial charge in [0.2, 0.25) is 0 Å². The summed E-state index contributed by atoms with van der Waals surface area (Å²) in [7, 11) is 0. The zero-order valence-electron chi connectivity index (χ0n) is 12.0. The largest absolute Gasteiger partial charge is 0.446 e. The van der Waals surface area contributed by atoms with Crippen LogP contribution in [0.2, 0.25) is 0 Å². The van der Waals surface area contributed by atoms with E-state index in [1.807, 2.05) is 11.0 Å². The van der Waals surface area contributed by atoms with Gasteiger partial charge in [-0.05, 0) is 38.5 Å². The number of carbonyl (C=O) groups excluding carboxylic acids is 1. The minimum Gasteiger partial charge on any atom is -0.446 e. The third-order valence-electron chi connectivity index (χ3n) is 4.40. The molecule has 3 heteroatoms. The van der Waals surface area contributed by atoms with Crippen LogP contribution in [0.15, 0.2) is 12.7 Å². The summed E-state index contributed by atoms with van der Waals surface area (Å²) in [5, 5.41) is 0. The summed E-state index contributed by atoms with van der Waals surface area (Å²) in [5.74, 6) is 0. The number of nitrogens with zero attached hydrogens (tertiary/aromatic N) is 1. The molecule has 2 fully saturated rings. The molecule has 0 unspecified atom stereocenters. The lowest BCUT2D eigenvalue weighted by Gasteiger charge is -2.34. The number of rotatable bonds is 4. The van der Waals surface area contributed by atoms with E-state index in [0.717, 1.165) is 25.7 Å². The van der Waals surface area contributed by atoms with Crippen molar-refractivity contribution in [3.8, 4) is 0 Å². The second-order valence-electron chi connectivity index (χ2n) is 5.88. The highest BCUT2D eigenvalue weighted by atomic mass is 16.6. The average molecular weight is 265 g/mol. The Hall–Kier alpha value is -0.990. The van der Waals surface area contributed by atoms with Crippen LogP contribution in [-0.4, -0.2) is 29.7 Å².